The molecule has 0 unspecified atom stereocenters. The second-order valence-corrected chi connectivity index (χ2v) is 4.03. The molecule has 3 nitrogen and oxygen atoms in total. The van der Waals surface area contributed by atoms with Crippen molar-refractivity contribution in [1.82, 2.24) is 9.80 Å². The molecule has 1 fully saturated rings. The molecule has 0 aliphatic carbocycles. The monoisotopic (exact) mass is 218 g/mol. The van der Waals surface area contributed by atoms with Crippen molar-refractivity contribution < 1.29 is 4.79 Å². The number of hydrogen-bond acceptors (Lipinski definition) is 1. The van der Waals surface area contributed by atoms with Crippen molar-refractivity contribution in [2.45, 2.75) is 19.9 Å². The molecule has 1 aliphatic heterocycles. The van der Waals surface area contributed by atoms with E-state index in [-0.39, 0.29) is 12.1 Å². The largest absolute Gasteiger partial charge is 0.322 e. The van der Waals surface area contributed by atoms with Crippen LogP contribution in [0.15, 0.2) is 30.3 Å². The molecule has 3 heteroatoms. The van der Waals surface area contributed by atoms with Crippen LogP contribution >= 0.6 is 0 Å². The van der Waals surface area contributed by atoms with Gasteiger partial charge in [0.25, 0.3) is 0 Å². The van der Waals surface area contributed by atoms with Crippen molar-refractivity contribution in [2.24, 2.45) is 0 Å². The summed E-state index contributed by atoms with van der Waals surface area (Å²) in [5.74, 6) is 0. The SMILES string of the molecule is CCN1C[C@H](c2ccccc2)N(CC)C1=O. The second kappa shape index (κ2) is 4.56. The fourth-order valence-corrected chi connectivity index (χ4v) is 2.28. The average molecular weight is 218 g/mol. The lowest BCUT2D eigenvalue weighted by Crippen LogP contribution is -2.32. The molecule has 1 aromatic carbocycles. The van der Waals surface area contributed by atoms with Crippen LogP contribution < -0.4 is 0 Å². The Morgan fingerprint density at radius 2 is 1.88 bits per heavy atom. The minimum absolute atomic E-state index is 0.166. The van der Waals surface area contributed by atoms with Gasteiger partial charge in [0.05, 0.1) is 6.04 Å². The zero-order chi connectivity index (χ0) is 11.5. The van der Waals surface area contributed by atoms with E-state index in [4.69, 9.17) is 0 Å². The number of carbonyl (C=O) groups excluding carboxylic acids is 1. The Bertz CT molecular complexity index is 363. The van der Waals surface area contributed by atoms with Gasteiger partial charge in [-0.15, -0.1) is 0 Å². The third-order valence-electron chi connectivity index (χ3n) is 3.19. The van der Waals surface area contributed by atoms with Crippen LogP contribution in [0.1, 0.15) is 25.5 Å². The molecule has 1 aromatic rings. The minimum Gasteiger partial charge on any atom is -0.322 e. The van der Waals surface area contributed by atoms with E-state index in [0.29, 0.717) is 0 Å². The summed E-state index contributed by atoms with van der Waals surface area (Å²) in [4.78, 5) is 15.9. The molecule has 1 atom stereocenters. The summed E-state index contributed by atoms with van der Waals surface area (Å²) < 4.78 is 0. The summed E-state index contributed by atoms with van der Waals surface area (Å²) >= 11 is 0. The Morgan fingerprint density at radius 1 is 1.19 bits per heavy atom. The van der Waals surface area contributed by atoms with Crippen LogP contribution in [0.25, 0.3) is 0 Å². The van der Waals surface area contributed by atoms with E-state index in [1.807, 2.05) is 41.8 Å². The molecule has 0 spiro atoms. The van der Waals surface area contributed by atoms with Gasteiger partial charge in [-0.3, -0.25) is 0 Å². The van der Waals surface area contributed by atoms with Gasteiger partial charge >= 0.3 is 6.03 Å². The lowest BCUT2D eigenvalue weighted by Gasteiger charge is -2.21. The molecule has 86 valence electrons. The Morgan fingerprint density at radius 3 is 2.44 bits per heavy atom. The van der Waals surface area contributed by atoms with Gasteiger partial charge in [-0.1, -0.05) is 30.3 Å². The first-order valence-electron chi connectivity index (χ1n) is 5.88. The first-order valence-corrected chi connectivity index (χ1v) is 5.88. The van der Waals surface area contributed by atoms with E-state index < -0.39 is 0 Å². The lowest BCUT2D eigenvalue weighted by atomic mass is 10.1. The average Bonchev–Trinajstić information content (AvgIpc) is 2.66. The van der Waals surface area contributed by atoms with Gasteiger partial charge in [-0.25, -0.2) is 4.79 Å². The van der Waals surface area contributed by atoms with Crippen molar-refractivity contribution in [3.05, 3.63) is 35.9 Å². The molecule has 16 heavy (non-hydrogen) atoms. The number of rotatable bonds is 3. The highest BCUT2D eigenvalue weighted by Crippen LogP contribution is 2.28. The molecule has 1 aliphatic rings. The molecule has 0 aromatic heterocycles. The maximum Gasteiger partial charge on any atom is 0.320 e. The third-order valence-corrected chi connectivity index (χ3v) is 3.19. The summed E-state index contributed by atoms with van der Waals surface area (Å²) in [5.41, 5.74) is 1.23. The van der Waals surface area contributed by atoms with E-state index in [9.17, 15) is 4.79 Å². The van der Waals surface area contributed by atoms with Crippen LogP contribution in [0.5, 0.6) is 0 Å². The van der Waals surface area contributed by atoms with Gasteiger partial charge in [0.1, 0.15) is 0 Å². The van der Waals surface area contributed by atoms with Crippen molar-refractivity contribution >= 4 is 6.03 Å². The van der Waals surface area contributed by atoms with Crippen LogP contribution in [-0.2, 0) is 0 Å². The maximum absolute atomic E-state index is 12.0. The molecule has 1 saturated heterocycles. The van der Waals surface area contributed by atoms with Crippen molar-refractivity contribution in [3.8, 4) is 0 Å². The molecule has 0 bridgehead atoms. The van der Waals surface area contributed by atoms with Crippen LogP contribution in [-0.4, -0.2) is 35.5 Å². The van der Waals surface area contributed by atoms with Gasteiger partial charge in [-0.2, -0.15) is 0 Å². The van der Waals surface area contributed by atoms with Crippen LogP contribution in [0.2, 0.25) is 0 Å². The molecule has 0 saturated carbocycles. The van der Waals surface area contributed by atoms with Crippen LogP contribution in [0.4, 0.5) is 4.79 Å². The second-order valence-electron chi connectivity index (χ2n) is 4.03. The van der Waals surface area contributed by atoms with Gasteiger partial charge in [0, 0.05) is 19.6 Å². The van der Waals surface area contributed by atoms with Crippen molar-refractivity contribution in [1.29, 1.82) is 0 Å². The van der Waals surface area contributed by atoms with Crippen molar-refractivity contribution in [3.63, 3.8) is 0 Å². The van der Waals surface area contributed by atoms with E-state index in [0.717, 1.165) is 19.6 Å². The molecule has 2 amide bonds. The Labute approximate surface area is 96.7 Å². The first kappa shape index (κ1) is 11.0. The highest BCUT2D eigenvalue weighted by Gasteiger charge is 2.35. The predicted molar refractivity (Wildman–Crippen MR) is 64.2 cm³/mol. The zero-order valence-corrected chi connectivity index (χ0v) is 9.89. The van der Waals surface area contributed by atoms with Gasteiger partial charge in [0.15, 0.2) is 0 Å². The minimum atomic E-state index is 0.166. The van der Waals surface area contributed by atoms with E-state index in [2.05, 4.69) is 12.1 Å². The third kappa shape index (κ3) is 1.77. The van der Waals surface area contributed by atoms with E-state index >= 15 is 0 Å². The Balaban J connectivity index is 2.25. The smallest absolute Gasteiger partial charge is 0.320 e. The number of likely N-dealkylation sites (N-methyl/N-ethyl adjacent to an activating group) is 2. The fraction of sp³-hybridized carbons (Fsp3) is 0.462. The Hall–Kier alpha value is -1.51. The van der Waals surface area contributed by atoms with Gasteiger partial charge in [0.2, 0.25) is 0 Å². The maximum atomic E-state index is 12.0. The summed E-state index contributed by atoms with van der Waals surface area (Å²) in [6, 6.07) is 10.6. The number of benzene rings is 1. The number of urea groups is 1. The molecular weight excluding hydrogens is 200 g/mol. The standard InChI is InChI=1S/C13H18N2O/c1-3-14-10-12(15(4-2)13(14)16)11-8-6-5-7-9-11/h5-9,12H,3-4,10H2,1-2H3/t12-/m1/s1. The molecular formula is C13H18N2O. The first-order chi connectivity index (χ1) is 7.77. The molecule has 0 radical (unpaired) electrons. The topological polar surface area (TPSA) is 23.6 Å². The van der Waals surface area contributed by atoms with E-state index in [1.54, 1.807) is 0 Å². The van der Waals surface area contributed by atoms with Crippen molar-refractivity contribution in [2.75, 3.05) is 19.6 Å². The molecule has 1 heterocycles. The van der Waals surface area contributed by atoms with Gasteiger partial charge < -0.3 is 9.80 Å². The fourth-order valence-electron chi connectivity index (χ4n) is 2.28. The van der Waals surface area contributed by atoms with Gasteiger partial charge in [-0.05, 0) is 19.4 Å². The number of amides is 2. The summed E-state index contributed by atoms with van der Waals surface area (Å²) in [5, 5.41) is 0. The number of nitrogens with zero attached hydrogens (tertiary/aromatic N) is 2. The summed E-state index contributed by atoms with van der Waals surface area (Å²) in [6.45, 7) is 6.44. The Kier molecular flexibility index (Phi) is 3.13. The highest BCUT2D eigenvalue weighted by molar-refractivity contribution is 5.77. The lowest BCUT2D eigenvalue weighted by molar-refractivity contribution is 0.190. The molecule has 2 rings (SSSR count). The number of hydrogen-bond donors (Lipinski definition) is 0. The van der Waals surface area contributed by atoms with E-state index in [1.165, 1.54) is 5.56 Å². The summed E-state index contributed by atoms with van der Waals surface area (Å²) in [6.07, 6.45) is 0. The zero-order valence-electron chi connectivity index (χ0n) is 9.89. The van der Waals surface area contributed by atoms with Crippen LogP contribution in [0, 0.1) is 0 Å². The predicted octanol–water partition coefficient (Wildman–Crippen LogP) is 2.51. The molecule has 0 N–H and O–H groups in total. The van der Waals surface area contributed by atoms with Crippen LogP contribution in [0.3, 0.4) is 0 Å². The quantitative estimate of drug-likeness (QED) is 0.764. The summed E-state index contributed by atoms with van der Waals surface area (Å²) in [7, 11) is 0. The highest BCUT2D eigenvalue weighted by atomic mass is 16.2. The normalized spacial score (nSPS) is 20.6. The number of carbonyl (C=O) groups is 1.